The van der Waals surface area contributed by atoms with Crippen molar-refractivity contribution < 1.29 is 67.6 Å². The van der Waals surface area contributed by atoms with Gasteiger partial charge in [0, 0.05) is 53.4 Å². The standard InChI is InChI=1S/C57H78N8O14/c1-34(2)64(30-44(70)58(5)26-42(68)60(7)32-48(74)78-9)46(72)28-62(24-36-17-13-11-14-18-36)40(66)22-56(76)52-38-21-39-51-50(38)54(56)55(51)57(77,53(39)52)23-41(67)63(25-37-19-15-12-16-20-37)29-47(73)65(35(3)4)31-45(71)59(6)27-43(69)61(8)33-49(75)79-10/h11-20,34-35,38-39,50-55,76-77H,21-33H2,1-10H3/t38-,39+,50+,51-,52-,53+,54+,55-,56+,57-. The predicted octanol–water partition coefficient (Wildman–Crippen LogP) is 0.328. The van der Waals surface area contributed by atoms with Crippen LogP contribution in [-0.4, -0.2) is 227 Å². The molecular formula is C57H78N8O14. The molecule has 0 radical (unpaired) electrons. The Labute approximate surface area is 461 Å². The lowest BCUT2D eigenvalue weighted by Gasteiger charge is -2.57. The summed E-state index contributed by atoms with van der Waals surface area (Å²) in [6.45, 7) is 3.97. The molecule has 5 aliphatic rings. The number of nitrogens with zero attached hydrogens (tertiary/aromatic N) is 8. The molecule has 79 heavy (non-hydrogen) atoms. The quantitative estimate of drug-likeness (QED) is 0.121. The summed E-state index contributed by atoms with van der Waals surface area (Å²) >= 11 is 0. The van der Waals surface area contributed by atoms with Gasteiger partial charge >= 0.3 is 11.9 Å². The van der Waals surface area contributed by atoms with Crippen LogP contribution in [0.3, 0.4) is 0 Å². The van der Waals surface area contributed by atoms with Crippen molar-refractivity contribution in [1.29, 1.82) is 0 Å². The third kappa shape index (κ3) is 12.1. The Morgan fingerprint density at radius 2 is 0.772 bits per heavy atom. The van der Waals surface area contributed by atoms with Crippen LogP contribution >= 0.6 is 0 Å². The lowest BCUT2D eigenvalue weighted by atomic mass is 9.50. The second-order valence-electron chi connectivity index (χ2n) is 23.0. The lowest BCUT2D eigenvalue weighted by Crippen LogP contribution is -2.66. The SMILES string of the molecule is COC(=O)CN(C)C(=O)CN(C)C(=O)CN(C(=O)CN(Cc1ccccc1)C(=O)C[C@]1(O)[C@@H]2[C@@H]3[C@@H]4C[C@@H]5[C@@H]3[C@@H]2[C@](O)(CC(=O)N(CC(=O)N(CC(=O)N(C)CC(=O)N(C)CC(=O)OC)C(C)C)Cc2ccccc2)[C@H]5[C@H]41)C(C)C. The molecule has 5 fully saturated rings. The van der Waals surface area contributed by atoms with Gasteiger partial charge in [0.05, 0.1) is 51.4 Å². The smallest absolute Gasteiger partial charge is 0.325 e. The fourth-order valence-electron chi connectivity index (χ4n) is 13.9. The van der Waals surface area contributed by atoms with Crippen molar-refractivity contribution >= 4 is 59.2 Å². The average molecular weight is 1100 g/mol. The van der Waals surface area contributed by atoms with Crippen LogP contribution in [-0.2, 0) is 70.5 Å². The summed E-state index contributed by atoms with van der Waals surface area (Å²) in [4.78, 5) is 145. The second kappa shape index (κ2) is 24.2. The summed E-state index contributed by atoms with van der Waals surface area (Å²) < 4.78 is 9.27. The Morgan fingerprint density at radius 1 is 0.456 bits per heavy atom. The fourth-order valence-corrected chi connectivity index (χ4v) is 13.9. The summed E-state index contributed by atoms with van der Waals surface area (Å²) in [6, 6.07) is 17.2. The van der Waals surface area contributed by atoms with E-state index in [2.05, 4.69) is 9.47 Å². The summed E-state index contributed by atoms with van der Waals surface area (Å²) in [6.07, 6.45) is 0.0753. The van der Waals surface area contributed by atoms with Crippen LogP contribution in [0.4, 0.5) is 0 Å². The topological polar surface area (TPSA) is 256 Å². The number of carbonyl (C=O) groups is 10. The van der Waals surface area contributed by atoms with E-state index >= 15 is 0 Å². The molecule has 10 atom stereocenters. The van der Waals surface area contributed by atoms with Crippen molar-refractivity contribution in [2.45, 2.75) is 83.3 Å². The minimum Gasteiger partial charge on any atom is -0.468 e. The normalized spacial score (nSPS) is 25.1. The van der Waals surface area contributed by atoms with E-state index in [1.165, 1.54) is 62.0 Å². The van der Waals surface area contributed by atoms with Gasteiger partial charge in [0.1, 0.15) is 39.3 Å². The number of hydrogen-bond donors (Lipinski definition) is 2. The first-order chi connectivity index (χ1) is 37.2. The summed E-state index contributed by atoms with van der Waals surface area (Å²) in [7, 11) is 8.04. The van der Waals surface area contributed by atoms with E-state index in [0.717, 1.165) is 37.1 Å². The van der Waals surface area contributed by atoms with Crippen LogP contribution in [0.1, 0.15) is 58.1 Å². The molecule has 5 aliphatic carbocycles. The molecule has 0 aliphatic heterocycles. The van der Waals surface area contributed by atoms with Gasteiger partial charge < -0.3 is 58.9 Å². The Morgan fingerprint density at radius 3 is 1.09 bits per heavy atom. The van der Waals surface area contributed by atoms with Gasteiger partial charge in [-0.05, 0) is 92.6 Å². The molecule has 0 aromatic heterocycles. The van der Waals surface area contributed by atoms with Crippen molar-refractivity contribution in [3.63, 3.8) is 0 Å². The molecule has 8 amide bonds. The Hall–Kier alpha value is -6.94. The number of carbonyl (C=O) groups excluding carboxylic acids is 10. The van der Waals surface area contributed by atoms with Crippen LogP contribution < -0.4 is 0 Å². The predicted molar refractivity (Wildman–Crippen MR) is 284 cm³/mol. The Balaban J connectivity index is 1.06. The van der Waals surface area contributed by atoms with Gasteiger partial charge in [-0.3, -0.25) is 47.9 Å². The van der Waals surface area contributed by atoms with Crippen molar-refractivity contribution in [2.75, 3.05) is 94.8 Å². The zero-order valence-electron chi connectivity index (χ0n) is 47.1. The lowest BCUT2D eigenvalue weighted by molar-refractivity contribution is -0.221. The molecular weight excluding hydrogens is 1020 g/mol. The van der Waals surface area contributed by atoms with Crippen LogP contribution in [0.25, 0.3) is 0 Å². The molecule has 5 saturated carbocycles. The highest BCUT2D eigenvalue weighted by molar-refractivity contribution is 5.92. The van der Waals surface area contributed by atoms with Crippen LogP contribution in [0.15, 0.2) is 60.7 Å². The fraction of sp³-hybridized carbons (Fsp3) is 0.614. The highest BCUT2D eigenvalue weighted by Gasteiger charge is 2.90. The van der Waals surface area contributed by atoms with Crippen molar-refractivity contribution in [3.8, 4) is 0 Å². The minimum absolute atomic E-state index is 0.0137. The minimum atomic E-state index is -1.56. The van der Waals surface area contributed by atoms with E-state index in [0.29, 0.717) is 0 Å². The molecule has 22 heteroatoms. The summed E-state index contributed by atoms with van der Waals surface area (Å²) in [5, 5.41) is 26.2. The number of aliphatic hydroxyl groups is 2. The van der Waals surface area contributed by atoms with Crippen LogP contribution in [0, 0.1) is 47.3 Å². The zero-order chi connectivity index (χ0) is 58.0. The molecule has 0 saturated heterocycles. The summed E-state index contributed by atoms with van der Waals surface area (Å²) in [5.74, 6) is -7.39. The maximum absolute atomic E-state index is 14.9. The Bertz CT molecular complexity index is 2480. The molecule has 0 unspecified atom stereocenters. The number of benzene rings is 2. The molecule has 0 spiro atoms. The highest BCUT2D eigenvalue weighted by atomic mass is 16.5. The maximum atomic E-state index is 14.9. The van der Waals surface area contributed by atoms with E-state index in [1.54, 1.807) is 27.7 Å². The van der Waals surface area contributed by atoms with E-state index in [1.807, 2.05) is 60.7 Å². The molecule has 2 bridgehead atoms. The van der Waals surface area contributed by atoms with Crippen molar-refractivity contribution in [1.82, 2.24) is 39.2 Å². The zero-order valence-corrected chi connectivity index (χ0v) is 47.1. The number of amides is 8. The van der Waals surface area contributed by atoms with Gasteiger partial charge in [0.25, 0.3) is 0 Å². The molecule has 2 aromatic carbocycles. The molecule has 7 rings (SSSR count). The van der Waals surface area contributed by atoms with E-state index in [4.69, 9.17) is 0 Å². The average Bonchev–Trinajstić information content (AvgIpc) is 1.82. The number of rotatable bonds is 26. The third-order valence-electron chi connectivity index (χ3n) is 17.6. The van der Waals surface area contributed by atoms with Gasteiger partial charge in [-0.25, -0.2) is 0 Å². The van der Waals surface area contributed by atoms with Gasteiger partial charge in [0.2, 0.25) is 47.3 Å². The van der Waals surface area contributed by atoms with E-state index in [9.17, 15) is 58.2 Å². The first-order valence-corrected chi connectivity index (χ1v) is 27.0. The second-order valence-corrected chi connectivity index (χ2v) is 23.0. The van der Waals surface area contributed by atoms with Gasteiger partial charge in [-0.1, -0.05) is 60.7 Å². The van der Waals surface area contributed by atoms with Crippen LogP contribution in [0.5, 0.6) is 0 Å². The molecule has 2 aromatic rings. The molecule has 0 heterocycles. The first kappa shape index (κ1) is 59.7. The van der Waals surface area contributed by atoms with Gasteiger partial charge in [0.15, 0.2) is 0 Å². The number of fused-ring (bicyclic) bond motifs is 2. The van der Waals surface area contributed by atoms with Gasteiger partial charge in [-0.15, -0.1) is 0 Å². The van der Waals surface area contributed by atoms with Crippen LogP contribution in [0.2, 0.25) is 0 Å². The third-order valence-corrected chi connectivity index (χ3v) is 17.6. The summed E-state index contributed by atoms with van der Waals surface area (Å²) in [5.41, 5.74) is -1.66. The van der Waals surface area contributed by atoms with E-state index < -0.39 is 132 Å². The maximum Gasteiger partial charge on any atom is 0.325 e. The Kier molecular flexibility index (Phi) is 18.3. The monoisotopic (exact) mass is 1100 g/mol. The number of hydrogen-bond acceptors (Lipinski definition) is 14. The van der Waals surface area contributed by atoms with Crippen molar-refractivity contribution in [3.05, 3.63) is 71.8 Å². The number of methoxy groups -OCH3 is 2. The van der Waals surface area contributed by atoms with Gasteiger partial charge in [-0.2, -0.15) is 0 Å². The number of likely N-dealkylation sites (N-methyl/N-ethyl adjacent to an activating group) is 4. The highest BCUT2D eigenvalue weighted by Crippen LogP contribution is 2.88. The van der Waals surface area contributed by atoms with Crippen molar-refractivity contribution in [2.24, 2.45) is 47.3 Å². The first-order valence-electron chi connectivity index (χ1n) is 27.0. The number of esters is 2. The number of ether oxygens (including phenoxy) is 2. The molecule has 22 nitrogen and oxygen atoms in total. The largest absolute Gasteiger partial charge is 0.468 e. The molecule has 2 N–H and O–H groups in total. The van der Waals surface area contributed by atoms with E-state index in [-0.39, 0.29) is 75.8 Å². The molecule has 430 valence electrons.